The number of amides is 2. The maximum absolute atomic E-state index is 14.2. The van der Waals surface area contributed by atoms with Crippen molar-refractivity contribution in [2.24, 2.45) is 0 Å². The molecule has 4 aromatic rings. The fraction of sp³-hybridized carbons (Fsp3) is 0.351. The van der Waals surface area contributed by atoms with Crippen molar-refractivity contribution in [1.82, 2.24) is 10.2 Å². The molecule has 1 N–H and O–H groups in total. The van der Waals surface area contributed by atoms with Crippen molar-refractivity contribution in [1.29, 1.82) is 0 Å². The summed E-state index contributed by atoms with van der Waals surface area (Å²) < 4.78 is 28.5. The molecule has 6 rings (SSSR count). The first-order valence-corrected chi connectivity index (χ1v) is 17.5. The molecule has 0 saturated heterocycles. The summed E-state index contributed by atoms with van der Waals surface area (Å²) in [6, 6.07) is 28.2. The molecule has 4 aromatic carbocycles. The first-order chi connectivity index (χ1) is 21.8. The lowest BCUT2D eigenvalue weighted by Crippen LogP contribution is -2.52. The van der Waals surface area contributed by atoms with Crippen molar-refractivity contribution in [3.63, 3.8) is 0 Å². The summed E-state index contributed by atoms with van der Waals surface area (Å²) in [4.78, 5) is 30.2. The molecule has 0 unspecified atom stereocenters. The number of sulfonamides is 1. The Bertz CT molecular complexity index is 1780. The first-order valence-electron chi connectivity index (χ1n) is 16.0. The lowest BCUT2D eigenvalue weighted by molar-refractivity contribution is -0.141. The van der Waals surface area contributed by atoms with Gasteiger partial charge in [0.05, 0.1) is 10.6 Å². The minimum Gasteiger partial charge on any atom is -0.352 e. The Hall–Kier alpha value is -4.17. The van der Waals surface area contributed by atoms with E-state index in [1.807, 2.05) is 85.8 Å². The van der Waals surface area contributed by atoms with Crippen molar-refractivity contribution in [2.45, 2.75) is 81.8 Å². The minimum atomic E-state index is -3.71. The summed E-state index contributed by atoms with van der Waals surface area (Å²) in [5.74, 6) is -0.292. The molecule has 1 aliphatic carbocycles. The Kier molecular flexibility index (Phi) is 9.21. The van der Waals surface area contributed by atoms with Gasteiger partial charge in [-0.25, -0.2) is 8.42 Å². The largest absolute Gasteiger partial charge is 0.352 e. The van der Waals surface area contributed by atoms with Crippen molar-refractivity contribution in [3.8, 4) is 0 Å². The molecular weight excluding hydrogens is 582 g/mol. The average molecular weight is 624 g/mol. The standard InChI is InChI=1S/C37H41N3O4S/c1-27-12-8-15-29(24-27)26-39(33(25-28-13-4-2-5-14-28)37(42)38-31-18-6-3-7-19-31)35(41)22-11-23-40-32-20-9-16-30-17-10-21-34(36(30)32)45(40,43)44/h2,4-5,8-10,12-17,20-21,24,31,33H,3,6-7,11,18-19,22-23,25-26H2,1H3,(H,38,42)/t33-/m1/s1. The predicted octanol–water partition coefficient (Wildman–Crippen LogP) is 6.53. The summed E-state index contributed by atoms with van der Waals surface area (Å²) in [5, 5.41) is 4.89. The predicted molar refractivity (Wildman–Crippen MR) is 178 cm³/mol. The van der Waals surface area contributed by atoms with Crippen molar-refractivity contribution < 1.29 is 18.0 Å². The Balaban J connectivity index is 1.25. The van der Waals surface area contributed by atoms with Gasteiger partial charge in [0.25, 0.3) is 10.0 Å². The van der Waals surface area contributed by atoms with Gasteiger partial charge < -0.3 is 10.2 Å². The third-order valence-electron chi connectivity index (χ3n) is 9.09. The van der Waals surface area contributed by atoms with Gasteiger partial charge in [0.15, 0.2) is 0 Å². The number of carbonyl (C=O) groups is 2. The van der Waals surface area contributed by atoms with Gasteiger partial charge >= 0.3 is 0 Å². The van der Waals surface area contributed by atoms with Crippen LogP contribution in [0, 0.1) is 6.92 Å². The zero-order chi connectivity index (χ0) is 31.4. The highest BCUT2D eigenvalue weighted by atomic mass is 32.2. The Labute approximate surface area is 266 Å². The number of benzene rings is 4. The second-order valence-corrected chi connectivity index (χ2v) is 14.2. The number of carbonyl (C=O) groups excluding carboxylic acids is 2. The Morgan fingerprint density at radius 2 is 1.60 bits per heavy atom. The van der Waals surface area contributed by atoms with Gasteiger partial charge in [0.2, 0.25) is 11.8 Å². The first kappa shape index (κ1) is 30.8. The van der Waals surface area contributed by atoms with Gasteiger partial charge in [-0.2, -0.15) is 0 Å². The van der Waals surface area contributed by atoms with E-state index < -0.39 is 16.1 Å². The molecule has 8 heteroatoms. The number of hydrogen-bond acceptors (Lipinski definition) is 4. The van der Waals surface area contributed by atoms with E-state index in [2.05, 4.69) is 5.32 Å². The second-order valence-electron chi connectivity index (χ2n) is 12.4. The van der Waals surface area contributed by atoms with Gasteiger partial charge in [-0.1, -0.05) is 104 Å². The number of aryl methyl sites for hydroxylation is 1. The second kappa shape index (κ2) is 13.4. The Morgan fingerprint density at radius 1 is 0.889 bits per heavy atom. The molecule has 2 amide bonds. The van der Waals surface area contributed by atoms with Crippen molar-refractivity contribution >= 4 is 38.3 Å². The molecule has 45 heavy (non-hydrogen) atoms. The summed E-state index contributed by atoms with van der Waals surface area (Å²) in [5.41, 5.74) is 3.67. The molecule has 2 aliphatic rings. The van der Waals surface area contributed by atoms with Crippen LogP contribution in [0.4, 0.5) is 5.69 Å². The molecule has 0 aromatic heterocycles. The third kappa shape index (κ3) is 6.76. The summed E-state index contributed by atoms with van der Waals surface area (Å²) in [6.45, 7) is 2.49. The smallest absolute Gasteiger partial charge is 0.265 e. The van der Waals surface area contributed by atoms with Crippen LogP contribution in [0.3, 0.4) is 0 Å². The van der Waals surface area contributed by atoms with Gasteiger partial charge in [-0.15, -0.1) is 0 Å². The summed E-state index contributed by atoms with van der Waals surface area (Å²) in [7, 11) is -3.71. The zero-order valence-corrected chi connectivity index (χ0v) is 26.6. The Morgan fingerprint density at radius 3 is 2.36 bits per heavy atom. The van der Waals surface area contributed by atoms with Crippen LogP contribution in [-0.2, 0) is 32.6 Å². The zero-order valence-electron chi connectivity index (χ0n) is 25.8. The lowest BCUT2D eigenvalue weighted by Gasteiger charge is -2.34. The van der Waals surface area contributed by atoms with Crippen LogP contribution in [-0.4, -0.2) is 43.8 Å². The molecule has 1 aliphatic heterocycles. The number of nitrogens with one attached hydrogen (secondary N) is 1. The lowest BCUT2D eigenvalue weighted by atomic mass is 9.94. The minimum absolute atomic E-state index is 0.116. The number of rotatable bonds is 11. The maximum atomic E-state index is 14.2. The fourth-order valence-corrected chi connectivity index (χ4v) is 8.57. The van der Waals surface area contributed by atoms with E-state index in [9.17, 15) is 18.0 Å². The number of nitrogens with zero attached hydrogens (tertiary/aromatic N) is 2. The average Bonchev–Trinajstić information content (AvgIpc) is 3.26. The summed E-state index contributed by atoms with van der Waals surface area (Å²) in [6.07, 6.45) is 6.12. The van der Waals surface area contributed by atoms with Crippen LogP contribution in [0.5, 0.6) is 0 Å². The van der Waals surface area contributed by atoms with Crippen LogP contribution in [0.2, 0.25) is 0 Å². The van der Waals surface area contributed by atoms with E-state index in [4.69, 9.17) is 0 Å². The van der Waals surface area contributed by atoms with Gasteiger partial charge in [-0.3, -0.25) is 13.9 Å². The van der Waals surface area contributed by atoms with Crippen LogP contribution in [0.1, 0.15) is 61.6 Å². The van der Waals surface area contributed by atoms with Crippen LogP contribution < -0.4 is 9.62 Å². The SMILES string of the molecule is Cc1cccc(CN(C(=O)CCCN2c3cccc4cccc(c34)S2(=O)=O)[C@H](Cc2ccccc2)C(=O)NC2CCCCC2)c1. The molecule has 7 nitrogen and oxygen atoms in total. The highest BCUT2D eigenvalue weighted by Crippen LogP contribution is 2.42. The monoisotopic (exact) mass is 623 g/mol. The number of anilines is 1. The molecule has 234 valence electrons. The highest BCUT2D eigenvalue weighted by molar-refractivity contribution is 7.93. The van der Waals surface area contributed by atoms with Crippen molar-refractivity contribution in [3.05, 3.63) is 108 Å². The molecule has 0 bridgehead atoms. The molecule has 0 spiro atoms. The van der Waals surface area contributed by atoms with Crippen LogP contribution in [0.25, 0.3) is 10.8 Å². The van der Waals surface area contributed by atoms with E-state index in [-0.39, 0.29) is 30.8 Å². The van der Waals surface area contributed by atoms with E-state index in [0.717, 1.165) is 53.1 Å². The van der Waals surface area contributed by atoms with Gasteiger partial charge in [0, 0.05) is 37.4 Å². The molecule has 1 saturated carbocycles. The van der Waals surface area contributed by atoms with E-state index in [1.165, 1.54) is 10.7 Å². The van der Waals surface area contributed by atoms with Crippen LogP contribution in [0.15, 0.2) is 95.9 Å². The quantitative estimate of drug-likeness (QED) is 0.206. The van der Waals surface area contributed by atoms with E-state index in [1.54, 1.807) is 17.0 Å². The molecule has 0 radical (unpaired) electrons. The highest BCUT2D eigenvalue weighted by Gasteiger charge is 2.36. The molecule has 1 atom stereocenters. The fourth-order valence-electron chi connectivity index (χ4n) is 6.82. The third-order valence-corrected chi connectivity index (χ3v) is 10.9. The van der Waals surface area contributed by atoms with Crippen LogP contribution >= 0.6 is 0 Å². The normalized spacial score (nSPS) is 16.4. The van der Waals surface area contributed by atoms with E-state index in [0.29, 0.717) is 30.0 Å². The van der Waals surface area contributed by atoms with Gasteiger partial charge in [-0.05, 0) is 54.8 Å². The maximum Gasteiger partial charge on any atom is 0.265 e. The van der Waals surface area contributed by atoms with Gasteiger partial charge in [0.1, 0.15) is 6.04 Å². The number of hydrogen-bond donors (Lipinski definition) is 1. The summed E-state index contributed by atoms with van der Waals surface area (Å²) >= 11 is 0. The van der Waals surface area contributed by atoms with E-state index >= 15 is 0 Å². The van der Waals surface area contributed by atoms with Crippen molar-refractivity contribution in [2.75, 3.05) is 10.8 Å². The molecule has 1 fully saturated rings. The molecule has 1 heterocycles. The molecular formula is C37H41N3O4S. The topological polar surface area (TPSA) is 86.8 Å².